The SMILES string of the molecule is C=CCOc1ccc(Cc2ccc(OCC=C)cc2)cc1. The summed E-state index contributed by atoms with van der Waals surface area (Å²) in [6.45, 7) is 8.33. The standard InChI is InChI=1S/C19H20O2/c1-3-13-20-18-9-5-16(6-10-18)15-17-7-11-19(12-8-17)21-14-4-2/h3-12H,1-2,13-15H2. The molecule has 0 amide bonds. The van der Waals surface area contributed by atoms with Crippen molar-refractivity contribution in [3.8, 4) is 11.5 Å². The minimum absolute atomic E-state index is 0.533. The lowest BCUT2D eigenvalue weighted by Gasteiger charge is -2.07. The molecule has 0 spiro atoms. The van der Waals surface area contributed by atoms with Crippen LogP contribution >= 0.6 is 0 Å². The molecule has 0 aliphatic rings. The van der Waals surface area contributed by atoms with Crippen LogP contribution in [0.15, 0.2) is 73.8 Å². The first kappa shape index (κ1) is 14.9. The van der Waals surface area contributed by atoms with E-state index in [4.69, 9.17) is 9.47 Å². The molecule has 0 bridgehead atoms. The first-order chi connectivity index (χ1) is 10.3. The van der Waals surface area contributed by atoms with Gasteiger partial charge in [-0.3, -0.25) is 0 Å². The number of hydrogen-bond donors (Lipinski definition) is 0. The lowest BCUT2D eigenvalue weighted by Crippen LogP contribution is -1.94. The summed E-state index contributed by atoms with van der Waals surface area (Å²) in [5.74, 6) is 1.73. The highest BCUT2D eigenvalue weighted by molar-refractivity contribution is 5.34. The molecule has 0 N–H and O–H groups in total. The molecule has 0 aromatic heterocycles. The monoisotopic (exact) mass is 280 g/mol. The zero-order valence-electron chi connectivity index (χ0n) is 12.1. The van der Waals surface area contributed by atoms with Gasteiger partial charge in [-0.05, 0) is 41.8 Å². The zero-order chi connectivity index (χ0) is 14.9. The number of ether oxygens (including phenoxy) is 2. The molecular formula is C19H20O2. The second-order valence-electron chi connectivity index (χ2n) is 4.66. The summed E-state index contributed by atoms with van der Waals surface area (Å²) in [7, 11) is 0. The van der Waals surface area contributed by atoms with Crippen LogP contribution in [0, 0.1) is 0 Å². The third kappa shape index (κ3) is 4.84. The Morgan fingerprint density at radius 1 is 0.667 bits per heavy atom. The van der Waals surface area contributed by atoms with Crippen molar-refractivity contribution in [2.75, 3.05) is 13.2 Å². The van der Waals surface area contributed by atoms with Crippen LogP contribution in [0.1, 0.15) is 11.1 Å². The van der Waals surface area contributed by atoms with E-state index in [9.17, 15) is 0 Å². The first-order valence-corrected chi connectivity index (χ1v) is 6.97. The van der Waals surface area contributed by atoms with Crippen molar-refractivity contribution in [3.63, 3.8) is 0 Å². The molecule has 108 valence electrons. The second kappa shape index (κ2) is 7.95. The second-order valence-corrected chi connectivity index (χ2v) is 4.66. The maximum Gasteiger partial charge on any atom is 0.119 e. The molecule has 2 heteroatoms. The molecule has 0 saturated carbocycles. The van der Waals surface area contributed by atoms with Crippen molar-refractivity contribution in [2.24, 2.45) is 0 Å². The van der Waals surface area contributed by atoms with E-state index in [0.29, 0.717) is 13.2 Å². The Morgan fingerprint density at radius 2 is 1.05 bits per heavy atom. The Balaban J connectivity index is 1.94. The Hall–Kier alpha value is -2.48. The van der Waals surface area contributed by atoms with Crippen LogP contribution in [0.3, 0.4) is 0 Å². The van der Waals surface area contributed by atoms with Crippen LogP contribution in [0.4, 0.5) is 0 Å². The van der Waals surface area contributed by atoms with Gasteiger partial charge in [0.2, 0.25) is 0 Å². The van der Waals surface area contributed by atoms with E-state index in [1.807, 2.05) is 24.3 Å². The van der Waals surface area contributed by atoms with Crippen molar-refractivity contribution in [1.82, 2.24) is 0 Å². The van der Waals surface area contributed by atoms with Gasteiger partial charge in [0.05, 0.1) is 0 Å². The van der Waals surface area contributed by atoms with Crippen LogP contribution < -0.4 is 9.47 Å². The Kier molecular flexibility index (Phi) is 5.65. The summed E-state index contributed by atoms with van der Waals surface area (Å²) in [5, 5.41) is 0. The predicted octanol–water partition coefficient (Wildman–Crippen LogP) is 4.41. The lowest BCUT2D eigenvalue weighted by atomic mass is 10.0. The van der Waals surface area contributed by atoms with Gasteiger partial charge in [0, 0.05) is 0 Å². The van der Waals surface area contributed by atoms with Gasteiger partial charge in [-0.2, -0.15) is 0 Å². The molecule has 2 nitrogen and oxygen atoms in total. The highest BCUT2D eigenvalue weighted by Crippen LogP contribution is 2.18. The lowest BCUT2D eigenvalue weighted by molar-refractivity contribution is 0.363. The maximum atomic E-state index is 5.47. The van der Waals surface area contributed by atoms with Crippen LogP contribution in [0.25, 0.3) is 0 Å². The van der Waals surface area contributed by atoms with Gasteiger partial charge < -0.3 is 9.47 Å². The van der Waals surface area contributed by atoms with Crippen molar-refractivity contribution in [3.05, 3.63) is 85.0 Å². The van der Waals surface area contributed by atoms with E-state index >= 15 is 0 Å². The molecule has 21 heavy (non-hydrogen) atoms. The molecule has 0 aliphatic carbocycles. The van der Waals surface area contributed by atoms with Gasteiger partial charge in [-0.1, -0.05) is 49.6 Å². The Bertz CT molecular complexity index is 514. The molecule has 2 rings (SSSR count). The van der Waals surface area contributed by atoms with E-state index in [-0.39, 0.29) is 0 Å². The van der Waals surface area contributed by atoms with Crippen molar-refractivity contribution < 1.29 is 9.47 Å². The van der Waals surface area contributed by atoms with E-state index < -0.39 is 0 Å². The number of benzene rings is 2. The third-order valence-electron chi connectivity index (χ3n) is 2.99. The summed E-state index contributed by atoms with van der Waals surface area (Å²) in [6.07, 6.45) is 4.37. The number of rotatable bonds is 8. The molecule has 0 aliphatic heterocycles. The molecule has 0 atom stereocenters. The zero-order valence-corrected chi connectivity index (χ0v) is 12.1. The van der Waals surface area contributed by atoms with Gasteiger partial charge in [0.1, 0.15) is 24.7 Å². The van der Waals surface area contributed by atoms with Crippen LogP contribution in [-0.2, 0) is 6.42 Å². The largest absolute Gasteiger partial charge is 0.490 e. The fourth-order valence-electron chi connectivity index (χ4n) is 1.95. The third-order valence-corrected chi connectivity index (χ3v) is 2.99. The fourth-order valence-corrected chi connectivity index (χ4v) is 1.95. The van der Waals surface area contributed by atoms with Gasteiger partial charge in [-0.15, -0.1) is 0 Å². The number of hydrogen-bond acceptors (Lipinski definition) is 2. The van der Waals surface area contributed by atoms with Crippen molar-refractivity contribution >= 4 is 0 Å². The normalized spacial score (nSPS) is 9.90. The predicted molar refractivity (Wildman–Crippen MR) is 87.1 cm³/mol. The van der Waals surface area contributed by atoms with E-state index in [1.54, 1.807) is 12.2 Å². The summed E-state index contributed by atoms with van der Waals surface area (Å²) in [5.41, 5.74) is 2.50. The Morgan fingerprint density at radius 3 is 1.38 bits per heavy atom. The van der Waals surface area contributed by atoms with Gasteiger partial charge in [0.15, 0.2) is 0 Å². The van der Waals surface area contributed by atoms with Crippen LogP contribution in [0.2, 0.25) is 0 Å². The van der Waals surface area contributed by atoms with Gasteiger partial charge in [-0.25, -0.2) is 0 Å². The van der Waals surface area contributed by atoms with Crippen LogP contribution in [0.5, 0.6) is 11.5 Å². The average Bonchev–Trinajstić information content (AvgIpc) is 2.53. The molecular weight excluding hydrogens is 260 g/mol. The van der Waals surface area contributed by atoms with E-state index in [0.717, 1.165) is 17.9 Å². The highest BCUT2D eigenvalue weighted by Gasteiger charge is 1.99. The highest BCUT2D eigenvalue weighted by atomic mass is 16.5. The molecule has 2 aromatic rings. The molecule has 0 unspecified atom stereocenters. The van der Waals surface area contributed by atoms with Crippen molar-refractivity contribution in [1.29, 1.82) is 0 Å². The molecule has 0 heterocycles. The minimum atomic E-state index is 0.533. The first-order valence-electron chi connectivity index (χ1n) is 6.97. The Labute approximate surface area is 126 Å². The molecule has 0 fully saturated rings. The summed E-state index contributed by atoms with van der Waals surface area (Å²) < 4.78 is 10.9. The topological polar surface area (TPSA) is 18.5 Å². The maximum absolute atomic E-state index is 5.47. The van der Waals surface area contributed by atoms with Gasteiger partial charge >= 0.3 is 0 Å². The summed E-state index contributed by atoms with van der Waals surface area (Å²) in [4.78, 5) is 0. The smallest absolute Gasteiger partial charge is 0.119 e. The summed E-state index contributed by atoms with van der Waals surface area (Å²) in [6, 6.07) is 16.3. The molecule has 2 aromatic carbocycles. The fraction of sp³-hybridized carbons (Fsp3) is 0.158. The molecule has 0 radical (unpaired) electrons. The van der Waals surface area contributed by atoms with E-state index in [1.165, 1.54) is 11.1 Å². The van der Waals surface area contributed by atoms with Crippen LogP contribution in [-0.4, -0.2) is 13.2 Å². The van der Waals surface area contributed by atoms with Crippen molar-refractivity contribution in [2.45, 2.75) is 6.42 Å². The quantitative estimate of drug-likeness (QED) is 0.667. The summed E-state index contributed by atoms with van der Waals surface area (Å²) >= 11 is 0. The van der Waals surface area contributed by atoms with E-state index in [2.05, 4.69) is 37.4 Å². The average molecular weight is 280 g/mol. The molecule has 0 saturated heterocycles. The van der Waals surface area contributed by atoms with Gasteiger partial charge in [0.25, 0.3) is 0 Å². The minimum Gasteiger partial charge on any atom is -0.490 e.